The first-order valence-electron chi connectivity index (χ1n) is 8.97. The van der Waals surface area contributed by atoms with Gasteiger partial charge in [0.2, 0.25) is 0 Å². The highest BCUT2D eigenvalue weighted by molar-refractivity contribution is 5.97. The van der Waals surface area contributed by atoms with Gasteiger partial charge in [0, 0.05) is 13.0 Å². The van der Waals surface area contributed by atoms with Gasteiger partial charge in [-0.1, -0.05) is 12.1 Å². The Balaban J connectivity index is 1.88. The van der Waals surface area contributed by atoms with E-state index in [9.17, 15) is 9.59 Å². The Labute approximate surface area is 152 Å². The molecule has 26 heavy (non-hydrogen) atoms. The van der Waals surface area contributed by atoms with E-state index in [0.717, 1.165) is 30.7 Å². The first-order chi connectivity index (χ1) is 12.6. The summed E-state index contributed by atoms with van der Waals surface area (Å²) >= 11 is 0. The van der Waals surface area contributed by atoms with Gasteiger partial charge in [-0.05, 0) is 50.5 Å². The van der Waals surface area contributed by atoms with E-state index in [0.29, 0.717) is 24.4 Å². The molecular formula is C19H24N4O3. The first-order valence-corrected chi connectivity index (χ1v) is 8.97. The molecule has 0 N–H and O–H groups in total. The minimum atomic E-state index is -0.341. The van der Waals surface area contributed by atoms with Crippen molar-refractivity contribution in [2.24, 2.45) is 0 Å². The Morgan fingerprint density at radius 2 is 1.96 bits per heavy atom. The number of Topliss-reactive ketones (excluding diaryl/α,β-unsaturated/α-hetero) is 1. The lowest BCUT2D eigenvalue weighted by atomic mass is 9.96. The van der Waals surface area contributed by atoms with Crippen molar-refractivity contribution in [2.45, 2.75) is 45.6 Å². The van der Waals surface area contributed by atoms with Crippen LogP contribution in [-0.4, -0.2) is 51.3 Å². The maximum atomic E-state index is 13.0. The highest BCUT2D eigenvalue weighted by atomic mass is 16.5. The molecule has 0 aliphatic carbocycles. The molecule has 3 rings (SSSR count). The number of hydrogen-bond acceptors (Lipinski definition) is 5. The summed E-state index contributed by atoms with van der Waals surface area (Å²) in [4.78, 5) is 26.9. The number of carbonyl (C=O) groups is 2. The van der Waals surface area contributed by atoms with Crippen molar-refractivity contribution in [2.75, 3.05) is 13.7 Å². The van der Waals surface area contributed by atoms with Crippen LogP contribution in [0, 0.1) is 6.92 Å². The normalized spacial score (nSPS) is 17.2. The number of methoxy groups -OCH3 is 1. The van der Waals surface area contributed by atoms with E-state index in [1.54, 1.807) is 16.7 Å². The van der Waals surface area contributed by atoms with Gasteiger partial charge in [0.05, 0.1) is 24.5 Å². The van der Waals surface area contributed by atoms with Crippen LogP contribution >= 0.6 is 0 Å². The van der Waals surface area contributed by atoms with Crippen molar-refractivity contribution in [3.63, 3.8) is 0 Å². The van der Waals surface area contributed by atoms with Gasteiger partial charge in [0.1, 0.15) is 5.75 Å². The molecule has 7 nitrogen and oxygen atoms in total. The Bertz CT molecular complexity index is 798. The molecule has 7 heteroatoms. The summed E-state index contributed by atoms with van der Waals surface area (Å²) in [5.74, 6) is 0.643. The van der Waals surface area contributed by atoms with Gasteiger partial charge >= 0.3 is 0 Å². The van der Waals surface area contributed by atoms with E-state index >= 15 is 0 Å². The molecule has 1 aromatic carbocycles. The van der Waals surface area contributed by atoms with Crippen molar-refractivity contribution in [1.82, 2.24) is 19.9 Å². The Morgan fingerprint density at radius 3 is 2.62 bits per heavy atom. The van der Waals surface area contributed by atoms with E-state index in [4.69, 9.17) is 4.74 Å². The van der Waals surface area contributed by atoms with E-state index < -0.39 is 0 Å². The number of likely N-dealkylation sites (tertiary alicyclic amines) is 1. The lowest BCUT2D eigenvalue weighted by Gasteiger charge is -2.34. The Hall–Kier alpha value is -2.70. The number of hydrogen-bond donors (Lipinski definition) is 0. The number of aromatic nitrogens is 3. The third-order valence-corrected chi connectivity index (χ3v) is 4.90. The quantitative estimate of drug-likeness (QED) is 0.823. The summed E-state index contributed by atoms with van der Waals surface area (Å²) in [6.45, 7) is 4.24. The highest BCUT2D eigenvalue weighted by Crippen LogP contribution is 2.23. The topological polar surface area (TPSA) is 77.3 Å². The van der Waals surface area contributed by atoms with Gasteiger partial charge in [-0.3, -0.25) is 9.59 Å². The fourth-order valence-electron chi connectivity index (χ4n) is 3.38. The van der Waals surface area contributed by atoms with Crippen LogP contribution in [-0.2, 0) is 4.79 Å². The van der Waals surface area contributed by atoms with Crippen LogP contribution in [0.4, 0.5) is 0 Å². The summed E-state index contributed by atoms with van der Waals surface area (Å²) in [5.41, 5.74) is 1.76. The summed E-state index contributed by atoms with van der Waals surface area (Å²) in [6.07, 6.45) is 3.04. The maximum Gasteiger partial charge on any atom is 0.276 e. The SMILES string of the molecule is CCC(=O)C1CCCCN1C(=O)c1nnn(-c2ccc(OC)cc2)c1C. The lowest BCUT2D eigenvalue weighted by Crippen LogP contribution is -2.48. The van der Waals surface area contributed by atoms with Crippen molar-refractivity contribution in [3.8, 4) is 11.4 Å². The molecule has 0 spiro atoms. The zero-order valence-corrected chi connectivity index (χ0v) is 15.4. The van der Waals surface area contributed by atoms with Gasteiger partial charge in [0.25, 0.3) is 5.91 Å². The summed E-state index contributed by atoms with van der Waals surface area (Å²) in [6, 6.07) is 7.04. The van der Waals surface area contributed by atoms with Crippen LogP contribution in [0.1, 0.15) is 48.8 Å². The van der Waals surface area contributed by atoms with E-state index in [2.05, 4.69) is 10.3 Å². The number of amides is 1. The van der Waals surface area contributed by atoms with Crippen LogP contribution in [0.3, 0.4) is 0 Å². The second-order valence-corrected chi connectivity index (χ2v) is 6.46. The van der Waals surface area contributed by atoms with Crippen LogP contribution < -0.4 is 4.74 Å². The fourth-order valence-corrected chi connectivity index (χ4v) is 3.38. The molecule has 2 heterocycles. The van der Waals surface area contributed by atoms with Gasteiger partial charge in [-0.25, -0.2) is 4.68 Å². The standard InChI is InChI=1S/C19H24N4O3/c1-4-17(24)16-7-5-6-12-22(16)19(25)18-13(2)23(21-20-18)14-8-10-15(26-3)11-9-14/h8-11,16H,4-7,12H2,1-3H3. The third kappa shape index (κ3) is 3.34. The number of carbonyl (C=O) groups excluding carboxylic acids is 2. The molecule has 1 atom stereocenters. The first kappa shape index (κ1) is 18.1. The predicted molar refractivity (Wildman–Crippen MR) is 96.6 cm³/mol. The zero-order chi connectivity index (χ0) is 18.7. The van der Waals surface area contributed by atoms with Crippen LogP contribution in [0.25, 0.3) is 5.69 Å². The van der Waals surface area contributed by atoms with Crippen LogP contribution in [0.2, 0.25) is 0 Å². The Kier molecular flexibility index (Phi) is 5.35. The van der Waals surface area contributed by atoms with Crippen molar-refractivity contribution in [3.05, 3.63) is 35.7 Å². The van der Waals surface area contributed by atoms with Crippen molar-refractivity contribution in [1.29, 1.82) is 0 Å². The molecule has 1 saturated heterocycles. The number of piperidine rings is 1. The van der Waals surface area contributed by atoms with E-state index in [-0.39, 0.29) is 17.7 Å². The van der Waals surface area contributed by atoms with Crippen molar-refractivity contribution < 1.29 is 14.3 Å². The highest BCUT2D eigenvalue weighted by Gasteiger charge is 2.33. The molecular weight excluding hydrogens is 332 g/mol. The molecule has 0 bridgehead atoms. The van der Waals surface area contributed by atoms with Gasteiger partial charge in [-0.15, -0.1) is 5.10 Å². The predicted octanol–water partition coefficient (Wildman–Crippen LogP) is 2.56. The lowest BCUT2D eigenvalue weighted by molar-refractivity contribution is -0.124. The molecule has 0 saturated carbocycles. The smallest absolute Gasteiger partial charge is 0.276 e. The number of ketones is 1. The molecule has 1 fully saturated rings. The summed E-state index contributed by atoms with van der Waals surface area (Å²) < 4.78 is 6.80. The zero-order valence-electron chi connectivity index (χ0n) is 15.4. The molecule has 1 amide bonds. The largest absolute Gasteiger partial charge is 0.497 e. The molecule has 138 valence electrons. The average molecular weight is 356 g/mol. The number of nitrogens with zero attached hydrogens (tertiary/aromatic N) is 4. The van der Waals surface area contributed by atoms with Crippen LogP contribution in [0.5, 0.6) is 5.75 Å². The van der Waals surface area contributed by atoms with Crippen molar-refractivity contribution >= 4 is 11.7 Å². The van der Waals surface area contributed by atoms with Gasteiger partial charge in [-0.2, -0.15) is 0 Å². The maximum absolute atomic E-state index is 13.0. The second kappa shape index (κ2) is 7.68. The fraction of sp³-hybridized carbons (Fsp3) is 0.474. The molecule has 2 aromatic rings. The number of rotatable bonds is 5. The van der Waals surface area contributed by atoms with E-state index in [1.807, 2.05) is 38.1 Å². The van der Waals surface area contributed by atoms with E-state index in [1.165, 1.54) is 0 Å². The molecule has 1 aliphatic heterocycles. The van der Waals surface area contributed by atoms with Gasteiger partial charge in [0.15, 0.2) is 11.5 Å². The summed E-state index contributed by atoms with van der Waals surface area (Å²) in [7, 11) is 1.61. The average Bonchev–Trinajstić information content (AvgIpc) is 3.08. The molecule has 1 aromatic heterocycles. The molecule has 1 aliphatic rings. The molecule has 0 radical (unpaired) electrons. The minimum Gasteiger partial charge on any atom is -0.497 e. The monoisotopic (exact) mass is 356 g/mol. The number of benzene rings is 1. The summed E-state index contributed by atoms with van der Waals surface area (Å²) in [5, 5.41) is 8.25. The third-order valence-electron chi connectivity index (χ3n) is 4.90. The Morgan fingerprint density at radius 1 is 1.23 bits per heavy atom. The van der Waals surface area contributed by atoms with Crippen LogP contribution in [0.15, 0.2) is 24.3 Å². The molecule has 1 unspecified atom stereocenters. The number of ether oxygens (including phenoxy) is 1. The van der Waals surface area contributed by atoms with Gasteiger partial charge < -0.3 is 9.64 Å². The minimum absolute atomic E-state index is 0.109. The second-order valence-electron chi connectivity index (χ2n) is 6.46.